The average Bonchev–Trinajstić information content (AvgIpc) is 2.72. The number of ketones is 1. The maximum atomic E-state index is 12.1. The van der Waals surface area contributed by atoms with E-state index >= 15 is 0 Å². The van der Waals surface area contributed by atoms with E-state index < -0.39 is 28.7 Å². The highest BCUT2D eigenvalue weighted by molar-refractivity contribution is 6.01. The van der Waals surface area contributed by atoms with Gasteiger partial charge in [-0.15, -0.1) is 0 Å². The fraction of sp³-hybridized carbons (Fsp3) is 0.238. The lowest BCUT2D eigenvalue weighted by atomic mass is 10.1. The molecule has 0 bridgehead atoms. The van der Waals surface area contributed by atoms with Crippen LogP contribution in [-0.4, -0.2) is 41.0 Å². The summed E-state index contributed by atoms with van der Waals surface area (Å²) in [6.07, 6.45) is -0.231. The Morgan fingerprint density at radius 1 is 0.968 bits per heavy atom. The number of carbonyl (C=O) groups excluding carboxylic acids is 4. The summed E-state index contributed by atoms with van der Waals surface area (Å²) >= 11 is 0. The summed E-state index contributed by atoms with van der Waals surface area (Å²) in [7, 11) is 0. The molecule has 162 valence electrons. The van der Waals surface area contributed by atoms with Gasteiger partial charge in [0.15, 0.2) is 0 Å². The molecule has 1 atom stereocenters. The zero-order chi connectivity index (χ0) is 22.8. The van der Waals surface area contributed by atoms with Gasteiger partial charge >= 0.3 is 0 Å². The van der Waals surface area contributed by atoms with Crippen LogP contribution in [0.3, 0.4) is 0 Å². The second kappa shape index (κ2) is 11.2. The summed E-state index contributed by atoms with van der Waals surface area (Å²) < 4.78 is 0. The molecular formula is C21H22N4O6. The normalized spacial score (nSPS) is 11.1. The highest BCUT2D eigenvalue weighted by atomic mass is 16.6. The van der Waals surface area contributed by atoms with E-state index in [4.69, 9.17) is 0 Å². The second-order valence-electron chi connectivity index (χ2n) is 6.74. The molecule has 0 aliphatic heterocycles. The van der Waals surface area contributed by atoms with Crippen LogP contribution in [0.25, 0.3) is 0 Å². The van der Waals surface area contributed by atoms with Crippen LogP contribution in [0.2, 0.25) is 0 Å². The zero-order valence-corrected chi connectivity index (χ0v) is 16.8. The lowest BCUT2D eigenvalue weighted by molar-refractivity contribution is -0.384. The third-order valence-electron chi connectivity index (χ3n) is 4.16. The molecule has 0 aliphatic carbocycles. The van der Waals surface area contributed by atoms with Crippen molar-refractivity contribution in [3.63, 3.8) is 0 Å². The predicted molar refractivity (Wildman–Crippen MR) is 112 cm³/mol. The molecule has 0 unspecified atom stereocenters. The van der Waals surface area contributed by atoms with E-state index in [0.717, 1.165) is 5.56 Å². The molecule has 3 amide bonds. The molecule has 2 rings (SSSR count). The van der Waals surface area contributed by atoms with E-state index in [0.29, 0.717) is 5.69 Å². The Bertz CT molecular complexity index is 960. The van der Waals surface area contributed by atoms with Crippen molar-refractivity contribution in [3.8, 4) is 0 Å². The van der Waals surface area contributed by atoms with Crippen LogP contribution in [0.5, 0.6) is 0 Å². The fourth-order valence-electron chi connectivity index (χ4n) is 2.62. The number of nitrogens with one attached hydrogen (secondary N) is 3. The Hall–Kier alpha value is -4.08. The van der Waals surface area contributed by atoms with Gasteiger partial charge in [-0.1, -0.05) is 30.3 Å². The maximum Gasteiger partial charge on any atom is 0.269 e. The van der Waals surface area contributed by atoms with Crippen LogP contribution in [0.1, 0.15) is 18.9 Å². The molecule has 0 heterocycles. The highest BCUT2D eigenvalue weighted by Crippen LogP contribution is 2.15. The van der Waals surface area contributed by atoms with Crippen molar-refractivity contribution in [2.24, 2.45) is 0 Å². The average molecular weight is 426 g/mol. The minimum Gasteiger partial charge on any atom is -0.345 e. The van der Waals surface area contributed by atoms with Crippen molar-refractivity contribution in [2.75, 3.05) is 11.9 Å². The van der Waals surface area contributed by atoms with Crippen molar-refractivity contribution in [1.29, 1.82) is 0 Å². The molecule has 0 saturated carbocycles. The van der Waals surface area contributed by atoms with Gasteiger partial charge in [0.05, 0.1) is 17.9 Å². The maximum absolute atomic E-state index is 12.1. The molecule has 2 aromatic carbocycles. The van der Waals surface area contributed by atoms with Crippen molar-refractivity contribution in [2.45, 2.75) is 25.8 Å². The van der Waals surface area contributed by atoms with Gasteiger partial charge in [0.2, 0.25) is 17.7 Å². The number of carbonyl (C=O) groups is 4. The number of nitro groups is 1. The largest absolute Gasteiger partial charge is 0.345 e. The lowest BCUT2D eigenvalue weighted by Crippen LogP contribution is -2.47. The summed E-state index contributed by atoms with van der Waals surface area (Å²) in [6, 6.07) is 13.3. The van der Waals surface area contributed by atoms with E-state index in [1.807, 2.05) is 6.07 Å². The molecule has 10 nitrogen and oxygen atoms in total. The number of nitrogens with zero attached hydrogens (tertiary/aromatic N) is 1. The van der Waals surface area contributed by atoms with Gasteiger partial charge in [0.1, 0.15) is 11.8 Å². The van der Waals surface area contributed by atoms with Crippen molar-refractivity contribution in [1.82, 2.24) is 10.6 Å². The lowest BCUT2D eigenvalue weighted by Gasteiger charge is -2.14. The van der Waals surface area contributed by atoms with E-state index in [-0.39, 0.29) is 30.9 Å². The zero-order valence-electron chi connectivity index (χ0n) is 16.8. The molecule has 0 fully saturated rings. The number of nitro benzene ring substituents is 1. The topological polar surface area (TPSA) is 148 Å². The molecule has 0 spiro atoms. The number of hydrogen-bond donors (Lipinski definition) is 3. The van der Waals surface area contributed by atoms with Crippen LogP contribution >= 0.6 is 0 Å². The summed E-state index contributed by atoms with van der Waals surface area (Å²) in [5.41, 5.74) is 1.02. The first-order valence-corrected chi connectivity index (χ1v) is 9.41. The molecular weight excluding hydrogens is 404 g/mol. The first-order valence-electron chi connectivity index (χ1n) is 9.41. The van der Waals surface area contributed by atoms with Crippen LogP contribution < -0.4 is 16.0 Å². The van der Waals surface area contributed by atoms with Crippen molar-refractivity contribution < 1.29 is 24.1 Å². The van der Waals surface area contributed by atoms with E-state index in [2.05, 4.69) is 16.0 Å². The second-order valence-corrected chi connectivity index (χ2v) is 6.74. The molecule has 31 heavy (non-hydrogen) atoms. The molecule has 2 aromatic rings. The van der Waals surface area contributed by atoms with Crippen LogP contribution in [-0.2, 0) is 25.6 Å². The van der Waals surface area contributed by atoms with Crippen LogP contribution in [0.4, 0.5) is 11.4 Å². The molecule has 3 N–H and O–H groups in total. The van der Waals surface area contributed by atoms with Gasteiger partial charge in [0.25, 0.3) is 5.69 Å². The first-order chi connectivity index (χ1) is 14.7. The quantitative estimate of drug-likeness (QED) is 0.297. The van der Waals surface area contributed by atoms with E-state index in [1.165, 1.54) is 31.2 Å². The van der Waals surface area contributed by atoms with Crippen molar-refractivity contribution in [3.05, 3.63) is 70.3 Å². The molecule has 0 saturated heterocycles. The van der Waals surface area contributed by atoms with Gasteiger partial charge in [-0.25, -0.2) is 0 Å². The van der Waals surface area contributed by atoms with Gasteiger partial charge in [-0.05, 0) is 24.6 Å². The van der Waals surface area contributed by atoms with Gasteiger partial charge < -0.3 is 16.0 Å². The van der Waals surface area contributed by atoms with Gasteiger partial charge in [-0.3, -0.25) is 29.3 Å². The number of amides is 3. The molecule has 10 heteroatoms. The number of rotatable bonds is 10. The van der Waals surface area contributed by atoms with Crippen LogP contribution in [0, 0.1) is 10.1 Å². The third-order valence-corrected chi connectivity index (χ3v) is 4.16. The summed E-state index contributed by atoms with van der Waals surface area (Å²) in [5, 5.41) is 17.9. The van der Waals surface area contributed by atoms with Gasteiger partial charge in [-0.2, -0.15) is 0 Å². The van der Waals surface area contributed by atoms with Gasteiger partial charge in [0, 0.05) is 24.2 Å². The molecule has 0 radical (unpaired) electrons. The number of anilines is 1. The summed E-state index contributed by atoms with van der Waals surface area (Å²) in [6.45, 7) is 1.08. The monoisotopic (exact) mass is 426 g/mol. The highest BCUT2D eigenvalue weighted by Gasteiger charge is 2.18. The third kappa shape index (κ3) is 8.05. The Morgan fingerprint density at radius 2 is 1.61 bits per heavy atom. The van der Waals surface area contributed by atoms with Crippen LogP contribution in [0.15, 0.2) is 54.6 Å². The van der Waals surface area contributed by atoms with Crippen molar-refractivity contribution >= 4 is 34.9 Å². The first kappa shape index (κ1) is 23.2. The van der Waals surface area contributed by atoms with E-state index in [1.54, 1.807) is 24.3 Å². The fourth-order valence-corrected chi connectivity index (χ4v) is 2.62. The smallest absolute Gasteiger partial charge is 0.269 e. The van der Waals surface area contributed by atoms with E-state index in [9.17, 15) is 29.3 Å². The number of hydrogen-bond acceptors (Lipinski definition) is 6. The summed E-state index contributed by atoms with van der Waals surface area (Å²) in [4.78, 5) is 58.0. The molecule has 0 aliphatic rings. The number of Topliss-reactive ketones (excluding diaryl/α,β-unsaturated/α-hetero) is 1. The SMILES string of the molecule is C[C@H](NC(=O)CC(=O)Cc1ccccc1)C(=O)NCC(=O)Nc1ccc([N+](=O)[O-])cc1. The number of non-ortho nitro benzene ring substituents is 1. The number of benzene rings is 2. The molecule has 0 aromatic heterocycles. The minimum absolute atomic E-state index is 0.113. The predicted octanol–water partition coefficient (Wildman–Crippen LogP) is 1.36. The Morgan fingerprint density at radius 3 is 2.23 bits per heavy atom. The Labute approximate surface area is 178 Å². The Balaban J connectivity index is 1.72. The minimum atomic E-state index is -0.941. The standard InChI is InChI=1S/C21H22N4O6/c1-14(23-19(27)12-18(26)11-15-5-3-2-4-6-15)21(29)22-13-20(28)24-16-7-9-17(10-8-16)25(30)31/h2-10,14H,11-13H2,1H3,(H,22,29)(H,23,27)(H,24,28)/t14-/m0/s1. The Kier molecular flexibility index (Phi) is 8.38. The summed E-state index contributed by atoms with van der Waals surface area (Å²) in [5.74, 6) is -2.00.